The summed E-state index contributed by atoms with van der Waals surface area (Å²) >= 11 is 0. The second-order valence-electron chi connectivity index (χ2n) is 9.65. The molecule has 5 heterocycles. The molecule has 1 aromatic rings. The molecule has 3 fully saturated rings. The van der Waals surface area contributed by atoms with Gasteiger partial charge in [-0.1, -0.05) is 6.42 Å². The van der Waals surface area contributed by atoms with E-state index in [0.717, 1.165) is 38.3 Å². The maximum Gasteiger partial charge on any atom is 0.123 e. The normalized spacial score (nSPS) is 35.4. The Kier molecular flexibility index (Phi) is 4.63. The number of rotatable bonds is 2. The first-order chi connectivity index (χ1) is 14.7. The van der Waals surface area contributed by atoms with Crippen LogP contribution in [0, 0.1) is 5.41 Å². The van der Waals surface area contributed by atoms with E-state index in [1.807, 2.05) is 12.3 Å². The highest BCUT2D eigenvalue weighted by Crippen LogP contribution is 2.45. The van der Waals surface area contributed by atoms with Gasteiger partial charge in [0.15, 0.2) is 0 Å². The van der Waals surface area contributed by atoms with Crippen molar-refractivity contribution < 1.29 is 0 Å². The third kappa shape index (κ3) is 3.09. The third-order valence-electron chi connectivity index (χ3n) is 8.09. The SMILES string of the molecule is NC1CCCC12CCN(C1NC3NC=C(N4CCCc5ncccc54)NC3N1)CC2. The Bertz CT molecular complexity index is 817. The van der Waals surface area contributed by atoms with Gasteiger partial charge < -0.3 is 21.3 Å². The number of piperidine rings is 1. The van der Waals surface area contributed by atoms with E-state index in [0.29, 0.717) is 11.5 Å². The summed E-state index contributed by atoms with van der Waals surface area (Å²) in [5.41, 5.74) is 9.29. The van der Waals surface area contributed by atoms with Crippen molar-refractivity contribution in [2.45, 2.75) is 69.6 Å². The van der Waals surface area contributed by atoms with Crippen molar-refractivity contribution in [3.8, 4) is 0 Å². The van der Waals surface area contributed by atoms with Gasteiger partial charge in [0.2, 0.25) is 0 Å². The lowest BCUT2D eigenvalue weighted by Gasteiger charge is -2.44. The van der Waals surface area contributed by atoms with Crippen LogP contribution in [0.5, 0.6) is 0 Å². The largest absolute Gasteiger partial charge is 0.370 e. The Balaban J connectivity index is 1.10. The minimum atomic E-state index is 0.154. The first kappa shape index (κ1) is 18.9. The minimum absolute atomic E-state index is 0.154. The second-order valence-corrected chi connectivity index (χ2v) is 9.65. The summed E-state index contributed by atoms with van der Waals surface area (Å²) in [5.74, 6) is 1.12. The van der Waals surface area contributed by atoms with Gasteiger partial charge in [-0.05, 0) is 56.1 Å². The number of aryl methyl sites for hydroxylation is 1. The van der Waals surface area contributed by atoms with Gasteiger partial charge in [0.05, 0.1) is 11.4 Å². The smallest absolute Gasteiger partial charge is 0.123 e. The average Bonchev–Trinajstić information content (AvgIpc) is 3.37. The molecule has 0 bridgehead atoms. The number of hydrogen-bond acceptors (Lipinski definition) is 8. The molecule has 1 spiro atoms. The zero-order valence-corrected chi connectivity index (χ0v) is 17.6. The van der Waals surface area contributed by atoms with Gasteiger partial charge in [-0.25, -0.2) is 0 Å². The average molecular weight is 411 g/mol. The highest BCUT2D eigenvalue weighted by Gasteiger charge is 2.46. The number of likely N-dealkylation sites (tertiary alicyclic amines) is 1. The number of hydrogen-bond donors (Lipinski definition) is 5. The summed E-state index contributed by atoms with van der Waals surface area (Å²) in [6, 6.07) is 4.61. The van der Waals surface area contributed by atoms with Crippen molar-refractivity contribution in [1.82, 2.24) is 31.2 Å². The van der Waals surface area contributed by atoms with E-state index < -0.39 is 0 Å². The van der Waals surface area contributed by atoms with Crippen LogP contribution in [0.1, 0.15) is 44.2 Å². The molecule has 5 aliphatic rings. The van der Waals surface area contributed by atoms with Crippen molar-refractivity contribution in [1.29, 1.82) is 0 Å². The molecule has 4 aliphatic heterocycles. The zero-order chi connectivity index (χ0) is 20.1. The summed E-state index contributed by atoms with van der Waals surface area (Å²) in [7, 11) is 0. The molecule has 1 aromatic heterocycles. The number of fused-ring (bicyclic) bond motifs is 2. The quantitative estimate of drug-likeness (QED) is 0.483. The van der Waals surface area contributed by atoms with Crippen LogP contribution in [0.15, 0.2) is 30.4 Å². The lowest BCUT2D eigenvalue weighted by Crippen LogP contribution is -2.57. The fourth-order valence-corrected chi connectivity index (χ4v) is 6.24. The van der Waals surface area contributed by atoms with Crippen molar-refractivity contribution in [2.24, 2.45) is 11.1 Å². The van der Waals surface area contributed by atoms with E-state index in [4.69, 9.17) is 5.73 Å². The Labute approximate surface area is 178 Å². The standard InChI is InChI=1S/C22H34N8/c23-17-6-1-7-22(17)8-12-29(13-9-22)21-27-19-20(28-21)26-18(14-25-19)30-11-3-4-15-16(30)5-2-10-24-15/h2,5,10,14,17,19-21,25-28H,1,3-4,6-9,11-13,23H2. The molecule has 30 heavy (non-hydrogen) atoms. The highest BCUT2D eigenvalue weighted by molar-refractivity contribution is 5.57. The molecule has 4 unspecified atom stereocenters. The number of pyridine rings is 1. The van der Waals surface area contributed by atoms with Gasteiger partial charge in [-0.15, -0.1) is 0 Å². The first-order valence-corrected chi connectivity index (χ1v) is 11.7. The zero-order valence-electron chi connectivity index (χ0n) is 17.6. The molecular weight excluding hydrogens is 376 g/mol. The van der Waals surface area contributed by atoms with Gasteiger partial charge in [0.25, 0.3) is 0 Å². The first-order valence-electron chi connectivity index (χ1n) is 11.7. The van der Waals surface area contributed by atoms with Crippen LogP contribution in [0.25, 0.3) is 0 Å². The molecule has 6 rings (SSSR count). The van der Waals surface area contributed by atoms with Gasteiger partial charge in [0.1, 0.15) is 24.4 Å². The van der Waals surface area contributed by atoms with Gasteiger partial charge in [0, 0.05) is 38.1 Å². The molecule has 0 amide bonds. The number of nitrogens with two attached hydrogens (primary N) is 1. The summed E-state index contributed by atoms with van der Waals surface area (Å²) in [6.45, 7) is 3.24. The molecular formula is C22H34N8. The number of nitrogens with zero attached hydrogens (tertiary/aromatic N) is 3. The van der Waals surface area contributed by atoms with Crippen LogP contribution in [0.4, 0.5) is 5.69 Å². The van der Waals surface area contributed by atoms with E-state index >= 15 is 0 Å². The number of aromatic nitrogens is 1. The number of nitrogens with one attached hydrogen (secondary N) is 4. The predicted octanol–water partition coefficient (Wildman–Crippen LogP) is 0.548. The molecule has 0 radical (unpaired) electrons. The molecule has 1 aliphatic carbocycles. The molecule has 2 saturated heterocycles. The fourth-order valence-electron chi connectivity index (χ4n) is 6.24. The second kappa shape index (κ2) is 7.37. The Morgan fingerprint density at radius 1 is 1.07 bits per heavy atom. The Hall–Kier alpha value is -1.87. The van der Waals surface area contributed by atoms with Crippen LogP contribution >= 0.6 is 0 Å². The lowest BCUT2D eigenvalue weighted by atomic mass is 9.74. The third-order valence-corrected chi connectivity index (χ3v) is 8.09. The van der Waals surface area contributed by atoms with Gasteiger partial charge >= 0.3 is 0 Å². The maximum atomic E-state index is 6.47. The summed E-state index contributed by atoms with van der Waals surface area (Å²) in [6.07, 6.45) is 13.0. The summed E-state index contributed by atoms with van der Waals surface area (Å²) in [4.78, 5) is 9.49. The summed E-state index contributed by atoms with van der Waals surface area (Å²) in [5, 5.41) is 14.8. The predicted molar refractivity (Wildman–Crippen MR) is 117 cm³/mol. The monoisotopic (exact) mass is 410 g/mol. The van der Waals surface area contributed by atoms with E-state index in [1.54, 1.807) is 0 Å². The number of anilines is 1. The van der Waals surface area contributed by atoms with Crippen molar-refractivity contribution in [3.63, 3.8) is 0 Å². The van der Waals surface area contributed by atoms with Gasteiger partial charge in [-0.3, -0.25) is 20.5 Å². The topological polar surface area (TPSA) is 93.5 Å². The van der Waals surface area contributed by atoms with Crippen molar-refractivity contribution >= 4 is 5.69 Å². The van der Waals surface area contributed by atoms with Gasteiger partial charge in [-0.2, -0.15) is 0 Å². The maximum absolute atomic E-state index is 6.47. The van der Waals surface area contributed by atoms with Crippen LogP contribution in [-0.2, 0) is 6.42 Å². The molecule has 8 nitrogen and oxygen atoms in total. The molecule has 162 valence electrons. The van der Waals surface area contributed by atoms with E-state index in [-0.39, 0.29) is 18.6 Å². The van der Waals surface area contributed by atoms with Crippen molar-refractivity contribution in [3.05, 3.63) is 36.0 Å². The fraction of sp³-hybridized carbons (Fsp3) is 0.682. The van der Waals surface area contributed by atoms with Crippen LogP contribution < -0.4 is 31.9 Å². The van der Waals surface area contributed by atoms with Crippen LogP contribution in [0.2, 0.25) is 0 Å². The minimum Gasteiger partial charge on any atom is -0.370 e. The lowest BCUT2D eigenvalue weighted by molar-refractivity contribution is 0.0509. The molecule has 0 aromatic carbocycles. The molecule has 1 saturated carbocycles. The Morgan fingerprint density at radius 2 is 1.93 bits per heavy atom. The molecule has 8 heteroatoms. The summed E-state index contributed by atoms with van der Waals surface area (Å²) < 4.78 is 0. The Morgan fingerprint density at radius 3 is 2.77 bits per heavy atom. The molecule has 4 atom stereocenters. The highest BCUT2D eigenvalue weighted by atomic mass is 15.5. The van der Waals surface area contributed by atoms with Crippen molar-refractivity contribution in [2.75, 3.05) is 24.5 Å². The van der Waals surface area contributed by atoms with E-state index in [9.17, 15) is 0 Å². The van der Waals surface area contributed by atoms with Crippen LogP contribution in [0.3, 0.4) is 0 Å². The van der Waals surface area contributed by atoms with E-state index in [2.05, 4.69) is 48.3 Å². The van der Waals surface area contributed by atoms with Crippen LogP contribution in [-0.4, -0.2) is 54.2 Å². The molecule has 6 N–H and O–H groups in total. The van der Waals surface area contributed by atoms with E-state index in [1.165, 1.54) is 43.5 Å².